The van der Waals surface area contributed by atoms with Crippen LogP contribution < -0.4 is 0 Å². The molecule has 0 saturated heterocycles. The molecule has 0 bridgehead atoms. The van der Waals surface area contributed by atoms with Crippen molar-refractivity contribution in [2.24, 2.45) is 0 Å². The maximum absolute atomic E-state index is 13.7. The lowest BCUT2D eigenvalue weighted by atomic mass is 10.1. The van der Waals surface area contributed by atoms with E-state index in [-0.39, 0.29) is 5.91 Å². The lowest BCUT2D eigenvalue weighted by Crippen LogP contribution is -2.33. The third-order valence-electron chi connectivity index (χ3n) is 6.00. The van der Waals surface area contributed by atoms with E-state index in [4.69, 9.17) is 0 Å². The van der Waals surface area contributed by atoms with E-state index in [1.54, 1.807) is 0 Å². The number of amides is 1. The number of carbonyl (C=O) groups excluding carboxylic acids is 1. The van der Waals surface area contributed by atoms with Crippen LogP contribution in [-0.4, -0.2) is 31.7 Å². The number of hydrogen-bond donors (Lipinski definition) is 0. The van der Waals surface area contributed by atoms with Crippen LogP contribution in [-0.2, 0) is 6.54 Å². The molecule has 5 nitrogen and oxygen atoms in total. The maximum Gasteiger partial charge on any atom is 0.273 e. The number of para-hydroxylation sites is 1. The summed E-state index contributed by atoms with van der Waals surface area (Å²) in [4.78, 5) is 24.9. The fraction of sp³-hybridized carbons (Fsp3) is 0.370. The Morgan fingerprint density at radius 2 is 1.78 bits per heavy atom. The summed E-state index contributed by atoms with van der Waals surface area (Å²) in [5.74, 6) is 0.0305. The smallest absolute Gasteiger partial charge is 0.273 e. The highest BCUT2D eigenvalue weighted by atomic mass is 16.2. The summed E-state index contributed by atoms with van der Waals surface area (Å²) in [5, 5.41) is 1.10. The fourth-order valence-electron chi connectivity index (χ4n) is 4.28. The monoisotopic (exact) mass is 428 g/mol. The van der Waals surface area contributed by atoms with Crippen LogP contribution in [0, 0.1) is 6.92 Å². The number of aryl methyl sites for hydroxylation is 1. The molecule has 0 fully saturated rings. The molecular weight excluding hydrogens is 396 g/mol. The molecular formula is C27H32N4O. The lowest BCUT2D eigenvalue weighted by Gasteiger charge is -2.23. The molecule has 5 heteroatoms. The van der Waals surface area contributed by atoms with Crippen LogP contribution in [0.1, 0.15) is 67.2 Å². The van der Waals surface area contributed by atoms with E-state index < -0.39 is 0 Å². The molecule has 0 aliphatic carbocycles. The third-order valence-corrected chi connectivity index (χ3v) is 6.00. The normalized spacial score (nSPS) is 11.3. The highest BCUT2D eigenvalue weighted by Gasteiger charge is 2.22. The van der Waals surface area contributed by atoms with Gasteiger partial charge < -0.3 is 4.90 Å². The average Bonchev–Trinajstić information content (AvgIpc) is 3.15. The molecule has 1 amide bonds. The standard InChI is InChI=1S/C27H32N4O/c1-3-4-5-6-7-11-16-30(20-22-18-23-13-8-9-14-24(23)28-19-22)27(32)26-21(2)29-25-15-10-12-17-31(25)26/h8-10,12-15,17-19H,3-7,11,16,20H2,1-2H3. The van der Waals surface area contributed by atoms with Gasteiger partial charge in [0, 0.05) is 30.9 Å². The largest absolute Gasteiger partial charge is 0.333 e. The first-order chi connectivity index (χ1) is 15.7. The van der Waals surface area contributed by atoms with Gasteiger partial charge in [-0.2, -0.15) is 0 Å². The molecule has 0 aliphatic heterocycles. The third kappa shape index (κ3) is 4.98. The molecule has 0 N–H and O–H groups in total. The van der Waals surface area contributed by atoms with Crippen LogP contribution in [0.2, 0.25) is 0 Å². The van der Waals surface area contributed by atoms with Crippen molar-refractivity contribution in [2.45, 2.75) is 58.9 Å². The Hall–Kier alpha value is -3.21. The van der Waals surface area contributed by atoms with Crippen LogP contribution in [0.3, 0.4) is 0 Å². The summed E-state index contributed by atoms with van der Waals surface area (Å²) in [7, 11) is 0. The highest BCUT2D eigenvalue weighted by molar-refractivity contribution is 5.94. The Labute approximate surface area is 190 Å². The number of pyridine rings is 2. The minimum Gasteiger partial charge on any atom is -0.333 e. The predicted molar refractivity (Wildman–Crippen MR) is 130 cm³/mol. The average molecular weight is 429 g/mol. The molecule has 1 aromatic carbocycles. The molecule has 0 spiro atoms. The summed E-state index contributed by atoms with van der Waals surface area (Å²) < 4.78 is 1.91. The van der Waals surface area contributed by atoms with Crippen LogP contribution in [0.4, 0.5) is 0 Å². The topological polar surface area (TPSA) is 50.5 Å². The van der Waals surface area contributed by atoms with E-state index in [0.717, 1.165) is 47.2 Å². The number of nitrogens with zero attached hydrogens (tertiary/aromatic N) is 4. The second kappa shape index (κ2) is 10.4. The molecule has 4 aromatic rings. The number of aromatic nitrogens is 3. The summed E-state index contributed by atoms with van der Waals surface area (Å²) >= 11 is 0. The molecule has 3 heterocycles. The van der Waals surface area contributed by atoms with Gasteiger partial charge in [-0.25, -0.2) is 4.98 Å². The van der Waals surface area contributed by atoms with Crippen molar-refractivity contribution in [3.05, 3.63) is 77.9 Å². The Morgan fingerprint density at radius 1 is 1.00 bits per heavy atom. The van der Waals surface area contributed by atoms with Crippen LogP contribution in [0.15, 0.2) is 60.9 Å². The van der Waals surface area contributed by atoms with Crippen LogP contribution >= 0.6 is 0 Å². The van der Waals surface area contributed by atoms with Gasteiger partial charge in [-0.15, -0.1) is 0 Å². The van der Waals surface area contributed by atoms with Crippen molar-refractivity contribution in [3.8, 4) is 0 Å². The minimum absolute atomic E-state index is 0.0305. The van der Waals surface area contributed by atoms with E-state index >= 15 is 0 Å². The zero-order valence-electron chi connectivity index (χ0n) is 19.1. The van der Waals surface area contributed by atoms with E-state index in [2.05, 4.69) is 29.0 Å². The van der Waals surface area contributed by atoms with Crippen molar-refractivity contribution >= 4 is 22.5 Å². The second-order valence-electron chi connectivity index (χ2n) is 8.51. The molecule has 0 aliphatic rings. The van der Waals surface area contributed by atoms with Crippen molar-refractivity contribution in [1.29, 1.82) is 0 Å². The molecule has 0 radical (unpaired) electrons. The van der Waals surface area contributed by atoms with Crippen LogP contribution in [0.5, 0.6) is 0 Å². The first-order valence-corrected chi connectivity index (χ1v) is 11.7. The van der Waals surface area contributed by atoms with Crippen molar-refractivity contribution in [2.75, 3.05) is 6.54 Å². The molecule has 0 unspecified atom stereocenters. The molecule has 3 aromatic heterocycles. The molecule has 0 atom stereocenters. The van der Waals surface area contributed by atoms with Crippen molar-refractivity contribution in [3.63, 3.8) is 0 Å². The van der Waals surface area contributed by atoms with E-state index in [1.165, 1.54) is 25.7 Å². The van der Waals surface area contributed by atoms with Gasteiger partial charge in [0.1, 0.15) is 11.3 Å². The Bertz CT molecular complexity index is 1200. The van der Waals surface area contributed by atoms with Gasteiger partial charge in [0.2, 0.25) is 0 Å². The van der Waals surface area contributed by atoms with Gasteiger partial charge in [0.05, 0.1) is 11.2 Å². The Morgan fingerprint density at radius 3 is 2.66 bits per heavy atom. The number of hydrogen-bond acceptors (Lipinski definition) is 3. The Kier molecular flexibility index (Phi) is 7.15. The van der Waals surface area contributed by atoms with E-state index in [1.807, 2.05) is 65.0 Å². The van der Waals surface area contributed by atoms with Crippen molar-refractivity contribution in [1.82, 2.24) is 19.3 Å². The van der Waals surface area contributed by atoms with Gasteiger partial charge in [-0.05, 0) is 43.2 Å². The summed E-state index contributed by atoms with van der Waals surface area (Å²) in [6, 6.07) is 16.1. The molecule has 4 rings (SSSR count). The summed E-state index contributed by atoms with van der Waals surface area (Å²) in [5.41, 5.74) is 4.25. The maximum atomic E-state index is 13.7. The van der Waals surface area contributed by atoms with Gasteiger partial charge in [0.25, 0.3) is 5.91 Å². The van der Waals surface area contributed by atoms with Crippen molar-refractivity contribution < 1.29 is 4.79 Å². The number of carbonyl (C=O) groups is 1. The molecule has 0 saturated carbocycles. The molecule has 32 heavy (non-hydrogen) atoms. The quantitative estimate of drug-likeness (QED) is 0.283. The number of benzene rings is 1. The highest BCUT2D eigenvalue weighted by Crippen LogP contribution is 2.19. The van der Waals surface area contributed by atoms with Gasteiger partial charge >= 0.3 is 0 Å². The number of imidazole rings is 1. The second-order valence-corrected chi connectivity index (χ2v) is 8.51. The van der Waals surface area contributed by atoms with E-state index in [9.17, 15) is 4.79 Å². The van der Waals surface area contributed by atoms with Gasteiger partial charge in [0.15, 0.2) is 0 Å². The number of unbranched alkanes of at least 4 members (excludes halogenated alkanes) is 5. The van der Waals surface area contributed by atoms with E-state index in [0.29, 0.717) is 12.2 Å². The zero-order valence-corrected chi connectivity index (χ0v) is 19.1. The summed E-state index contributed by atoms with van der Waals surface area (Å²) in [6.45, 7) is 5.43. The predicted octanol–water partition coefficient (Wildman–Crippen LogP) is 6.19. The Balaban J connectivity index is 1.57. The van der Waals surface area contributed by atoms with Crippen LogP contribution in [0.25, 0.3) is 16.6 Å². The SMILES string of the molecule is CCCCCCCCN(Cc1cnc2ccccc2c1)C(=O)c1c(C)nc2ccccn12. The first-order valence-electron chi connectivity index (χ1n) is 11.7. The fourth-order valence-corrected chi connectivity index (χ4v) is 4.28. The van der Waals surface area contributed by atoms with Gasteiger partial charge in [-0.1, -0.05) is 63.3 Å². The van der Waals surface area contributed by atoms with Gasteiger partial charge in [-0.3, -0.25) is 14.2 Å². The number of fused-ring (bicyclic) bond motifs is 2. The lowest BCUT2D eigenvalue weighted by molar-refractivity contribution is 0.0732. The number of rotatable bonds is 10. The summed E-state index contributed by atoms with van der Waals surface area (Å²) in [6.07, 6.45) is 11.0. The molecule has 166 valence electrons. The zero-order chi connectivity index (χ0) is 22.3. The first kappa shape index (κ1) is 22.0. The minimum atomic E-state index is 0.0305.